The summed E-state index contributed by atoms with van der Waals surface area (Å²) >= 11 is 0. The van der Waals surface area contributed by atoms with E-state index < -0.39 is 22.9 Å². The van der Waals surface area contributed by atoms with Crippen LogP contribution in [-0.2, 0) is 16.0 Å². The zero-order valence-electron chi connectivity index (χ0n) is 17.3. The van der Waals surface area contributed by atoms with Crippen molar-refractivity contribution in [2.75, 3.05) is 19.0 Å². The molecule has 0 heterocycles. The molecule has 2 aromatic carbocycles. The second-order valence-electron chi connectivity index (χ2n) is 7.55. The Balaban J connectivity index is 1.68. The lowest BCUT2D eigenvalue weighted by Crippen LogP contribution is -2.39. The van der Waals surface area contributed by atoms with Crippen molar-refractivity contribution in [1.29, 1.82) is 0 Å². The Morgan fingerprint density at radius 3 is 2.67 bits per heavy atom. The first-order chi connectivity index (χ1) is 14.3. The molecule has 0 aliphatic heterocycles. The van der Waals surface area contributed by atoms with E-state index in [2.05, 4.69) is 11.4 Å². The summed E-state index contributed by atoms with van der Waals surface area (Å²) in [5.41, 5.74) is 2.50. The molecule has 1 N–H and O–H groups in total. The van der Waals surface area contributed by atoms with Gasteiger partial charge in [-0.1, -0.05) is 24.3 Å². The number of amides is 1. The number of rotatable bonds is 6. The van der Waals surface area contributed by atoms with Gasteiger partial charge in [0.1, 0.15) is 5.69 Å². The Morgan fingerprint density at radius 2 is 1.97 bits per heavy atom. The van der Waals surface area contributed by atoms with E-state index in [4.69, 9.17) is 4.74 Å². The molecule has 1 aliphatic rings. The van der Waals surface area contributed by atoms with Crippen molar-refractivity contribution in [3.63, 3.8) is 0 Å². The summed E-state index contributed by atoms with van der Waals surface area (Å²) < 4.78 is 5.28. The summed E-state index contributed by atoms with van der Waals surface area (Å²) in [6, 6.07) is 12.0. The first-order valence-electron chi connectivity index (χ1n) is 9.83. The van der Waals surface area contributed by atoms with E-state index in [1.807, 2.05) is 18.2 Å². The topological polar surface area (TPSA) is 102 Å². The van der Waals surface area contributed by atoms with Crippen molar-refractivity contribution < 1.29 is 19.2 Å². The van der Waals surface area contributed by atoms with E-state index in [0.717, 1.165) is 24.8 Å². The molecular weight excluding hydrogens is 386 g/mol. The van der Waals surface area contributed by atoms with E-state index in [-0.39, 0.29) is 17.3 Å². The summed E-state index contributed by atoms with van der Waals surface area (Å²) in [6.45, 7) is 1.49. The molecule has 0 spiro atoms. The number of nitrogens with one attached hydrogen (secondary N) is 1. The number of fused-ring (bicyclic) bond motifs is 1. The molecule has 8 nitrogen and oxygen atoms in total. The van der Waals surface area contributed by atoms with Crippen LogP contribution in [0.4, 0.5) is 11.4 Å². The molecule has 2 aromatic rings. The Bertz CT molecular complexity index is 973. The Kier molecular flexibility index (Phi) is 6.34. The lowest BCUT2D eigenvalue weighted by Gasteiger charge is -2.27. The standard InChI is InChI=1S/C22H25N3O5/c1-14(21(26)23-18-10-6-8-15-7-4-5-9-17(15)18)30-22(27)16-11-12-19(24(2)3)20(13-16)25(28)29/h4-5,7,9,11-14,18H,6,8,10H2,1-3H3,(H,23,26)/t14-,18-/m0/s1. The van der Waals surface area contributed by atoms with Gasteiger partial charge >= 0.3 is 5.97 Å². The second-order valence-corrected chi connectivity index (χ2v) is 7.55. The molecule has 0 aromatic heterocycles. The maximum atomic E-state index is 12.6. The normalized spacial score (nSPS) is 16.2. The van der Waals surface area contributed by atoms with E-state index in [1.54, 1.807) is 19.0 Å². The van der Waals surface area contributed by atoms with Gasteiger partial charge in [0.2, 0.25) is 0 Å². The van der Waals surface area contributed by atoms with Gasteiger partial charge in [-0.3, -0.25) is 14.9 Å². The number of ether oxygens (including phenoxy) is 1. The molecule has 1 amide bonds. The number of aryl methyl sites for hydroxylation is 1. The molecule has 0 saturated heterocycles. The number of hydrogen-bond acceptors (Lipinski definition) is 6. The van der Waals surface area contributed by atoms with E-state index >= 15 is 0 Å². The molecule has 30 heavy (non-hydrogen) atoms. The fourth-order valence-electron chi connectivity index (χ4n) is 3.65. The average Bonchev–Trinajstić information content (AvgIpc) is 2.73. The number of nitro groups is 1. The highest BCUT2D eigenvalue weighted by Crippen LogP contribution is 2.30. The van der Waals surface area contributed by atoms with Gasteiger partial charge in [-0.05, 0) is 49.4 Å². The van der Waals surface area contributed by atoms with Gasteiger partial charge in [-0.25, -0.2) is 4.79 Å². The van der Waals surface area contributed by atoms with Crippen LogP contribution in [0.5, 0.6) is 0 Å². The smallest absolute Gasteiger partial charge is 0.339 e. The van der Waals surface area contributed by atoms with Crippen LogP contribution in [0.3, 0.4) is 0 Å². The van der Waals surface area contributed by atoms with Crippen LogP contribution in [0.1, 0.15) is 47.3 Å². The highest BCUT2D eigenvalue weighted by molar-refractivity contribution is 5.93. The molecule has 0 fully saturated rings. The lowest BCUT2D eigenvalue weighted by molar-refractivity contribution is -0.384. The summed E-state index contributed by atoms with van der Waals surface area (Å²) in [5, 5.41) is 14.3. The number of nitro benzene ring substituents is 1. The van der Waals surface area contributed by atoms with E-state index in [9.17, 15) is 19.7 Å². The van der Waals surface area contributed by atoms with Gasteiger partial charge in [0.25, 0.3) is 11.6 Å². The first kappa shape index (κ1) is 21.3. The fourth-order valence-corrected chi connectivity index (χ4v) is 3.65. The SMILES string of the molecule is C[C@H](OC(=O)c1ccc(N(C)C)c([N+](=O)[O-])c1)C(=O)N[C@H]1CCCc2ccccc21. The van der Waals surface area contributed by atoms with Crippen molar-refractivity contribution in [2.45, 2.75) is 38.3 Å². The molecule has 3 rings (SSSR count). The number of benzene rings is 2. The van der Waals surface area contributed by atoms with Crippen LogP contribution >= 0.6 is 0 Å². The van der Waals surface area contributed by atoms with Gasteiger partial charge in [-0.2, -0.15) is 0 Å². The number of anilines is 1. The molecule has 158 valence electrons. The molecule has 0 bridgehead atoms. The number of esters is 1. The van der Waals surface area contributed by atoms with Crippen molar-refractivity contribution in [3.05, 3.63) is 69.3 Å². The molecule has 0 saturated carbocycles. The fraction of sp³-hybridized carbons (Fsp3) is 0.364. The van der Waals surface area contributed by atoms with Crippen LogP contribution in [-0.4, -0.2) is 37.0 Å². The van der Waals surface area contributed by atoms with Crippen LogP contribution in [0, 0.1) is 10.1 Å². The minimum Gasteiger partial charge on any atom is -0.449 e. The largest absolute Gasteiger partial charge is 0.449 e. The molecule has 2 atom stereocenters. The van der Waals surface area contributed by atoms with Crippen molar-refractivity contribution in [3.8, 4) is 0 Å². The van der Waals surface area contributed by atoms with Crippen molar-refractivity contribution in [1.82, 2.24) is 5.32 Å². The predicted octanol–water partition coefficient (Wildman–Crippen LogP) is 3.40. The quantitative estimate of drug-likeness (QED) is 0.444. The summed E-state index contributed by atoms with van der Waals surface area (Å²) in [4.78, 5) is 37.4. The molecular formula is C22H25N3O5. The number of nitrogens with zero attached hydrogens (tertiary/aromatic N) is 2. The molecule has 1 aliphatic carbocycles. The summed E-state index contributed by atoms with van der Waals surface area (Å²) in [6.07, 6.45) is 1.74. The zero-order valence-corrected chi connectivity index (χ0v) is 17.3. The monoisotopic (exact) mass is 411 g/mol. The van der Waals surface area contributed by atoms with E-state index in [1.165, 1.54) is 30.7 Å². The maximum Gasteiger partial charge on any atom is 0.339 e. The van der Waals surface area contributed by atoms with Crippen LogP contribution in [0.2, 0.25) is 0 Å². The Morgan fingerprint density at radius 1 is 1.23 bits per heavy atom. The first-order valence-corrected chi connectivity index (χ1v) is 9.83. The third-order valence-corrected chi connectivity index (χ3v) is 5.23. The minimum absolute atomic E-state index is 0.0231. The third-order valence-electron chi connectivity index (χ3n) is 5.23. The van der Waals surface area contributed by atoms with Gasteiger partial charge in [0, 0.05) is 20.2 Å². The summed E-state index contributed by atoms with van der Waals surface area (Å²) in [5.74, 6) is -1.18. The van der Waals surface area contributed by atoms with Crippen LogP contribution in [0.25, 0.3) is 0 Å². The molecule has 8 heteroatoms. The molecule has 0 unspecified atom stereocenters. The van der Waals surface area contributed by atoms with Gasteiger partial charge in [-0.15, -0.1) is 0 Å². The highest BCUT2D eigenvalue weighted by Gasteiger charge is 2.26. The van der Waals surface area contributed by atoms with Crippen molar-refractivity contribution >= 4 is 23.3 Å². The van der Waals surface area contributed by atoms with E-state index in [0.29, 0.717) is 5.69 Å². The van der Waals surface area contributed by atoms with Crippen LogP contribution in [0.15, 0.2) is 42.5 Å². The third kappa shape index (κ3) is 4.59. The number of carbonyl (C=O) groups excluding carboxylic acids is 2. The molecule has 0 radical (unpaired) electrons. The Hall–Kier alpha value is -3.42. The van der Waals surface area contributed by atoms with Gasteiger partial charge in [0.15, 0.2) is 6.10 Å². The van der Waals surface area contributed by atoms with Crippen molar-refractivity contribution in [2.24, 2.45) is 0 Å². The maximum absolute atomic E-state index is 12.6. The number of carbonyl (C=O) groups is 2. The Labute approximate surface area is 175 Å². The van der Waals surface area contributed by atoms with Gasteiger partial charge in [0.05, 0.1) is 16.5 Å². The lowest BCUT2D eigenvalue weighted by atomic mass is 9.87. The average molecular weight is 411 g/mol. The minimum atomic E-state index is -1.03. The number of hydrogen-bond donors (Lipinski definition) is 1. The second kappa shape index (κ2) is 8.94. The zero-order chi connectivity index (χ0) is 21.8. The van der Waals surface area contributed by atoms with Gasteiger partial charge < -0.3 is 15.0 Å². The highest BCUT2D eigenvalue weighted by atomic mass is 16.6. The van der Waals surface area contributed by atoms with Crippen LogP contribution < -0.4 is 10.2 Å². The summed E-state index contributed by atoms with van der Waals surface area (Å²) in [7, 11) is 3.35. The predicted molar refractivity (Wildman–Crippen MR) is 113 cm³/mol.